The summed E-state index contributed by atoms with van der Waals surface area (Å²) in [4.78, 5) is 27.6. The van der Waals surface area contributed by atoms with Gasteiger partial charge in [0.1, 0.15) is 0 Å². The Balaban J connectivity index is 1.67. The minimum Gasteiger partial charge on any atom is -0.490 e. The second kappa shape index (κ2) is 12.5. The highest BCUT2D eigenvalue weighted by atomic mass is 35.5. The van der Waals surface area contributed by atoms with E-state index < -0.39 is 0 Å². The van der Waals surface area contributed by atoms with Crippen LogP contribution in [-0.4, -0.2) is 49.6 Å². The Morgan fingerprint density at radius 3 is 2.29 bits per heavy atom. The largest absolute Gasteiger partial charge is 0.490 e. The molecule has 1 aliphatic heterocycles. The molecule has 0 saturated carbocycles. The maximum atomic E-state index is 13.0. The highest BCUT2D eigenvalue weighted by molar-refractivity contribution is 6.33. The number of carbonyl (C=O) groups excluding carboxylic acids is 2. The summed E-state index contributed by atoms with van der Waals surface area (Å²) in [5.41, 5.74) is 1.31. The van der Waals surface area contributed by atoms with Crippen molar-refractivity contribution in [3.63, 3.8) is 0 Å². The van der Waals surface area contributed by atoms with E-state index in [1.54, 1.807) is 29.2 Å². The first kappa shape index (κ1) is 25.7. The van der Waals surface area contributed by atoms with Gasteiger partial charge in [-0.15, -0.1) is 0 Å². The summed E-state index contributed by atoms with van der Waals surface area (Å²) in [6.45, 7) is 8.48. The van der Waals surface area contributed by atoms with Gasteiger partial charge in [-0.1, -0.05) is 23.7 Å². The smallest absolute Gasteiger partial charge is 0.255 e. The monoisotopic (exact) mass is 488 g/mol. The van der Waals surface area contributed by atoms with Crippen LogP contribution >= 0.6 is 11.6 Å². The van der Waals surface area contributed by atoms with E-state index in [2.05, 4.69) is 5.32 Å². The fraction of sp³-hybridized carbons (Fsp3) is 0.462. The third-order valence-electron chi connectivity index (χ3n) is 5.62. The van der Waals surface area contributed by atoms with Gasteiger partial charge in [-0.05, 0) is 63.4 Å². The lowest BCUT2D eigenvalue weighted by Crippen LogP contribution is -2.45. The topological polar surface area (TPSA) is 77.1 Å². The molecule has 0 radical (unpaired) electrons. The van der Waals surface area contributed by atoms with Crippen LogP contribution in [0, 0.1) is 5.92 Å². The lowest BCUT2D eigenvalue weighted by molar-refractivity contribution is -0.126. The lowest BCUT2D eigenvalue weighted by Gasteiger charge is -2.32. The van der Waals surface area contributed by atoms with Crippen molar-refractivity contribution in [2.24, 2.45) is 5.92 Å². The van der Waals surface area contributed by atoms with Crippen molar-refractivity contribution < 1.29 is 23.8 Å². The molecule has 1 heterocycles. The molecule has 1 saturated heterocycles. The van der Waals surface area contributed by atoms with Gasteiger partial charge in [0.05, 0.1) is 36.3 Å². The maximum absolute atomic E-state index is 13.0. The number of amides is 2. The first-order valence-electron chi connectivity index (χ1n) is 11.8. The van der Waals surface area contributed by atoms with Crippen LogP contribution in [0.2, 0.25) is 5.02 Å². The summed E-state index contributed by atoms with van der Waals surface area (Å²) in [7, 11) is 0. The Morgan fingerprint density at radius 1 is 1.03 bits per heavy atom. The number of halogens is 1. The van der Waals surface area contributed by atoms with Gasteiger partial charge in [-0.3, -0.25) is 9.59 Å². The van der Waals surface area contributed by atoms with Crippen LogP contribution in [0.25, 0.3) is 0 Å². The van der Waals surface area contributed by atoms with E-state index in [4.69, 9.17) is 25.8 Å². The van der Waals surface area contributed by atoms with Crippen molar-refractivity contribution in [2.45, 2.75) is 40.2 Å². The molecule has 0 bridgehead atoms. The van der Waals surface area contributed by atoms with Crippen LogP contribution in [0.4, 0.5) is 0 Å². The summed E-state index contributed by atoms with van der Waals surface area (Å²) in [5.74, 6) is 1.25. The predicted molar refractivity (Wildman–Crippen MR) is 132 cm³/mol. The van der Waals surface area contributed by atoms with E-state index in [-0.39, 0.29) is 17.7 Å². The molecule has 2 aromatic rings. The zero-order valence-electron chi connectivity index (χ0n) is 20.1. The Bertz CT molecular complexity index is 970. The number of benzene rings is 2. The number of carbonyl (C=O) groups is 2. The Hall–Kier alpha value is -2.93. The van der Waals surface area contributed by atoms with Crippen molar-refractivity contribution in [3.05, 3.63) is 52.5 Å². The van der Waals surface area contributed by atoms with Crippen molar-refractivity contribution in [2.75, 3.05) is 32.9 Å². The van der Waals surface area contributed by atoms with Crippen LogP contribution < -0.4 is 19.5 Å². The zero-order chi connectivity index (χ0) is 24.5. The molecule has 2 amide bonds. The molecule has 3 rings (SSSR count). The lowest BCUT2D eigenvalue weighted by atomic mass is 9.96. The van der Waals surface area contributed by atoms with Gasteiger partial charge in [0.25, 0.3) is 5.91 Å². The minimum atomic E-state index is -0.277. The molecule has 2 aromatic carbocycles. The Morgan fingerprint density at radius 2 is 1.68 bits per heavy atom. The molecule has 7 nitrogen and oxygen atoms in total. The second-order valence-electron chi connectivity index (χ2n) is 8.01. The van der Waals surface area contributed by atoms with Crippen LogP contribution in [0.15, 0.2) is 36.4 Å². The van der Waals surface area contributed by atoms with Gasteiger partial charge < -0.3 is 24.4 Å². The van der Waals surface area contributed by atoms with Crippen LogP contribution in [0.3, 0.4) is 0 Å². The molecule has 1 fully saturated rings. The van der Waals surface area contributed by atoms with Crippen molar-refractivity contribution in [1.29, 1.82) is 0 Å². The molecular weight excluding hydrogens is 456 g/mol. The quantitative estimate of drug-likeness (QED) is 0.524. The molecule has 1 unspecified atom stereocenters. The fourth-order valence-electron chi connectivity index (χ4n) is 4.06. The predicted octanol–water partition coefficient (Wildman–Crippen LogP) is 4.70. The second-order valence-corrected chi connectivity index (χ2v) is 8.42. The average Bonchev–Trinajstić information content (AvgIpc) is 2.85. The normalized spacial score (nSPS) is 15.5. The molecule has 8 heteroatoms. The van der Waals surface area contributed by atoms with Gasteiger partial charge in [0, 0.05) is 19.6 Å². The molecule has 184 valence electrons. The third-order valence-corrected chi connectivity index (χ3v) is 5.95. The SMILES string of the molecule is CCOc1cc(CNC(=O)C2CCCN(C(=O)c3ccccc3Cl)C2)cc(OCC)c1OCC. The molecule has 0 aliphatic carbocycles. The molecule has 1 atom stereocenters. The van der Waals surface area contributed by atoms with Crippen molar-refractivity contribution in [3.8, 4) is 17.2 Å². The van der Waals surface area contributed by atoms with Crippen molar-refractivity contribution in [1.82, 2.24) is 10.2 Å². The van der Waals surface area contributed by atoms with Crippen molar-refractivity contribution >= 4 is 23.4 Å². The molecule has 0 spiro atoms. The standard InChI is InChI=1S/C26H33ClN2O5/c1-4-32-22-14-18(15-23(33-5-2)24(22)34-6-3)16-28-25(30)19-10-9-13-29(17-19)26(31)20-11-7-8-12-21(20)27/h7-8,11-12,14-15,19H,4-6,9-10,13,16-17H2,1-3H3,(H,28,30). The number of hydrogen-bond acceptors (Lipinski definition) is 5. The maximum Gasteiger partial charge on any atom is 0.255 e. The molecule has 1 N–H and O–H groups in total. The highest BCUT2D eigenvalue weighted by Gasteiger charge is 2.29. The number of likely N-dealkylation sites (tertiary alicyclic amines) is 1. The van der Waals surface area contributed by atoms with Crippen LogP contribution in [0.1, 0.15) is 49.5 Å². The average molecular weight is 489 g/mol. The van der Waals surface area contributed by atoms with E-state index in [0.717, 1.165) is 18.4 Å². The van der Waals surface area contributed by atoms with Crippen LogP contribution in [-0.2, 0) is 11.3 Å². The molecular formula is C26H33ClN2O5. The summed E-state index contributed by atoms with van der Waals surface area (Å²) in [6.07, 6.45) is 1.50. The number of hydrogen-bond donors (Lipinski definition) is 1. The number of nitrogens with one attached hydrogen (secondary N) is 1. The summed E-state index contributed by atoms with van der Waals surface area (Å²) in [6, 6.07) is 10.7. The summed E-state index contributed by atoms with van der Waals surface area (Å²) < 4.78 is 17.3. The first-order chi connectivity index (χ1) is 16.5. The third kappa shape index (κ3) is 6.35. The zero-order valence-corrected chi connectivity index (χ0v) is 20.8. The van der Waals surface area contributed by atoms with E-state index in [1.807, 2.05) is 32.9 Å². The Kier molecular flexibility index (Phi) is 9.45. The van der Waals surface area contributed by atoms with Gasteiger partial charge in [0.2, 0.25) is 11.7 Å². The number of nitrogens with zero attached hydrogens (tertiary/aromatic N) is 1. The minimum absolute atomic E-state index is 0.0820. The van der Waals surface area contributed by atoms with Gasteiger partial charge in [-0.2, -0.15) is 0 Å². The van der Waals surface area contributed by atoms with Gasteiger partial charge in [0.15, 0.2) is 11.5 Å². The summed E-state index contributed by atoms with van der Waals surface area (Å²) >= 11 is 6.20. The highest BCUT2D eigenvalue weighted by Crippen LogP contribution is 2.39. The number of rotatable bonds is 10. The van der Waals surface area contributed by atoms with E-state index in [1.165, 1.54) is 0 Å². The molecule has 34 heavy (non-hydrogen) atoms. The molecule has 0 aromatic heterocycles. The van der Waals surface area contributed by atoms with Crippen LogP contribution in [0.5, 0.6) is 17.2 Å². The number of ether oxygens (including phenoxy) is 3. The van der Waals surface area contributed by atoms with Gasteiger partial charge >= 0.3 is 0 Å². The Labute approximate surface area is 206 Å². The van der Waals surface area contributed by atoms with E-state index >= 15 is 0 Å². The fourth-order valence-corrected chi connectivity index (χ4v) is 4.28. The number of piperidine rings is 1. The van der Waals surface area contributed by atoms with Gasteiger partial charge in [-0.25, -0.2) is 0 Å². The molecule has 1 aliphatic rings. The summed E-state index contributed by atoms with van der Waals surface area (Å²) in [5, 5.41) is 3.44. The van der Waals surface area contributed by atoms with E-state index in [0.29, 0.717) is 67.3 Å². The first-order valence-corrected chi connectivity index (χ1v) is 12.2. The van der Waals surface area contributed by atoms with E-state index in [9.17, 15) is 9.59 Å².